The lowest BCUT2D eigenvalue weighted by Gasteiger charge is -2.22. The van der Waals surface area contributed by atoms with E-state index in [-0.39, 0.29) is 29.7 Å². The van der Waals surface area contributed by atoms with Crippen molar-refractivity contribution in [1.29, 1.82) is 5.26 Å². The number of hydrogen-bond acceptors (Lipinski definition) is 5. The molecule has 1 fully saturated rings. The summed E-state index contributed by atoms with van der Waals surface area (Å²) in [4.78, 5) is -0.171. The summed E-state index contributed by atoms with van der Waals surface area (Å²) in [5.41, 5.74) is -0.334. The lowest BCUT2D eigenvalue weighted by Crippen LogP contribution is -2.38. The second-order valence-electron chi connectivity index (χ2n) is 4.76. The SMILES string of the molecule is CO[C@@H]1C[C@@H](CO)N(S(=O)(=O)c2ccc(F)c(C#N)c2)C1. The highest BCUT2D eigenvalue weighted by Crippen LogP contribution is 2.28. The van der Waals surface area contributed by atoms with Crippen LogP contribution in [0.15, 0.2) is 23.1 Å². The van der Waals surface area contributed by atoms with Gasteiger partial charge in [0, 0.05) is 13.7 Å². The van der Waals surface area contributed by atoms with Crippen molar-refractivity contribution in [1.82, 2.24) is 4.31 Å². The molecule has 0 unspecified atom stereocenters. The highest BCUT2D eigenvalue weighted by molar-refractivity contribution is 7.89. The molecule has 0 aromatic heterocycles. The van der Waals surface area contributed by atoms with E-state index in [0.29, 0.717) is 6.42 Å². The summed E-state index contributed by atoms with van der Waals surface area (Å²) < 4.78 is 44.7. The van der Waals surface area contributed by atoms with E-state index in [4.69, 9.17) is 10.00 Å². The fraction of sp³-hybridized carbons (Fsp3) is 0.462. The summed E-state index contributed by atoms with van der Waals surface area (Å²) >= 11 is 0. The maximum atomic E-state index is 13.3. The van der Waals surface area contributed by atoms with Crippen molar-refractivity contribution in [3.05, 3.63) is 29.6 Å². The van der Waals surface area contributed by atoms with Gasteiger partial charge in [-0.05, 0) is 24.6 Å². The molecule has 114 valence electrons. The van der Waals surface area contributed by atoms with Crippen LogP contribution in [0, 0.1) is 17.1 Å². The number of aliphatic hydroxyl groups is 1. The number of nitriles is 1. The highest BCUT2D eigenvalue weighted by Gasteiger charge is 2.40. The number of nitrogens with zero attached hydrogens (tertiary/aromatic N) is 2. The lowest BCUT2D eigenvalue weighted by molar-refractivity contribution is 0.113. The molecule has 1 aromatic rings. The van der Waals surface area contributed by atoms with E-state index in [1.165, 1.54) is 7.11 Å². The molecular weight excluding hydrogens is 299 g/mol. The number of halogens is 1. The number of rotatable bonds is 4. The summed E-state index contributed by atoms with van der Waals surface area (Å²) in [5, 5.41) is 18.1. The first-order chi connectivity index (χ1) is 9.93. The van der Waals surface area contributed by atoms with E-state index >= 15 is 0 Å². The molecule has 2 rings (SSSR count). The summed E-state index contributed by atoms with van der Waals surface area (Å²) in [6, 6.07) is 4.08. The third kappa shape index (κ3) is 2.91. The quantitative estimate of drug-likeness (QED) is 0.872. The number of ether oxygens (including phenoxy) is 1. The smallest absolute Gasteiger partial charge is 0.243 e. The Kier molecular flexibility index (Phi) is 4.58. The normalized spacial score (nSPS) is 23.1. The summed E-state index contributed by atoms with van der Waals surface area (Å²) in [7, 11) is -2.44. The van der Waals surface area contributed by atoms with E-state index < -0.39 is 21.9 Å². The number of methoxy groups -OCH3 is 1. The molecular formula is C13H15FN2O4S. The standard InChI is InChI=1S/C13H15FN2O4S/c1-20-11-5-10(8-17)16(7-11)21(18,19)12-2-3-13(14)9(4-12)6-15/h2-4,10-11,17H,5,7-8H2,1H3/t10-,11+/m0/s1. The molecule has 0 spiro atoms. The zero-order chi connectivity index (χ0) is 15.6. The lowest BCUT2D eigenvalue weighted by atomic mass is 10.2. The third-order valence-corrected chi connectivity index (χ3v) is 5.45. The maximum Gasteiger partial charge on any atom is 0.243 e. The molecule has 1 aliphatic rings. The van der Waals surface area contributed by atoms with Gasteiger partial charge in [0.15, 0.2) is 0 Å². The van der Waals surface area contributed by atoms with E-state index in [1.807, 2.05) is 0 Å². The number of aliphatic hydroxyl groups excluding tert-OH is 1. The van der Waals surface area contributed by atoms with Gasteiger partial charge in [0.1, 0.15) is 11.9 Å². The molecule has 0 aliphatic carbocycles. The fourth-order valence-electron chi connectivity index (χ4n) is 2.36. The average molecular weight is 314 g/mol. The van der Waals surface area contributed by atoms with Crippen molar-refractivity contribution >= 4 is 10.0 Å². The van der Waals surface area contributed by atoms with Crippen LogP contribution in [0.1, 0.15) is 12.0 Å². The Labute approximate surface area is 122 Å². The minimum atomic E-state index is -3.92. The number of benzene rings is 1. The highest BCUT2D eigenvalue weighted by atomic mass is 32.2. The van der Waals surface area contributed by atoms with Crippen molar-refractivity contribution in [3.63, 3.8) is 0 Å². The van der Waals surface area contributed by atoms with Gasteiger partial charge in [-0.25, -0.2) is 12.8 Å². The molecule has 1 heterocycles. The van der Waals surface area contributed by atoms with Gasteiger partial charge in [-0.15, -0.1) is 0 Å². The first kappa shape index (κ1) is 15.9. The summed E-state index contributed by atoms with van der Waals surface area (Å²) in [6.07, 6.45) is 0.0891. The molecule has 1 saturated heterocycles. The van der Waals surface area contributed by atoms with Gasteiger partial charge in [0.2, 0.25) is 10.0 Å². The van der Waals surface area contributed by atoms with Crippen molar-refractivity contribution in [3.8, 4) is 6.07 Å². The molecule has 8 heteroatoms. The molecule has 0 saturated carbocycles. The zero-order valence-electron chi connectivity index (χ0n) is 11.4. The Hall–Kier alpha value is -1.53. The fourth-order valence-corrected chi connectivity index (χ4v) is 4.05. The molecule has 2 atom stereocenters. The summed E-state index contributed by atoms with van der Waals surface area (Å²) in [5.74, 6) is -0.772. The van der Waals surface area contributed by atoms with E-state index in [0.717, 1.165) is 22.5 Å². The first-order valence-electron chi connectivity index (χ1n) is 6.29. The predicted octanol–water partition coefficient (Wildman–Crippen LogP) is 0.468. The van der Waals surface area contributed by atoms with Crippen LogP contribution < -0.4 is 0 Å². The first-order valence-corrected chi connectivity index (χ1v) is 7.73. The topological polar surface area (TPSA) is 90.6 Å². The second kappa shape index (κ2) is 6.07. The Bertz CT molecular complexity index is 671. The minimum Gasteiger partial charge on any atom is -0.395 e. The monoisotopic (exact) mass is 314 g/mol. The minimum absolute atomic E-state index is 0.114. The van der Waals surface area contributed by atoms with Crippen molar-refractivity contribution < 1.29 is 22.7 Å². The van der Waals surface area contributed by atoms with Crippen molar-refractivity contribution in [2.24, 2.45) is 0 Å². The molecule has 1 aliphatic heterocycles. The van der Waals surface area contributed by atoms with Gasteiger partial charge in [0.25, 0.3) is 0 Å². The van der Waals surface area contributed by atoms with Crippen LogP contribution in [0.4, 0.5) is 4.39 Å². The van der Waals surface area contributed by atoms with E-state index in [1.54, 1.807) is 6.07 Å². The average Bonchev–Trinajstić information content (AvgIpc) is 2.91. The van der Waals surface area contributed by atoms with Crippen LogP contribution in [-0.2, 0) is 14.8 Å². The maximum absolute atomic E-state index is 13.3. The van der Waals surface area contributed by atoms with Gasteiger partial charge in [-0.1, -0.05) is 0 Å². The summed E-state index contributed by atoms with van der Waals surface area (Å²) in [6.45, 7) is -0.214. The van der Waals surface area contributed by atoms with Crippen LogP contribution in [0.3, 0.4) is 0 Å². The third-order valence-electron chi connectivity index (χ3n) is 3.53. The van der Waals surface area contributed by atoms with Gasteiger partial charge >= 0.3 is 0 Å². The van der Waals surface area contributed by atoms with Crippen LogP contribution in [0.25, 0.3) is 0 Å². The molecule has 0 bridgehead atoms. The van der Waals surface area contributed by atoms with Gasteiger partial charge < -0.3 is 9.84 Å². The molecule has 21 heavy (non-hydrogen) atoms. The van der Waals surface area contributed by atoms with E-state index in [2.05, 4.69) is 0 Å². The Balaban J connectivity index is 2.40. The molecule has 6 nitrogen and oxygen atoms in total. The van der Waals surface area contributed by atoms with Gasteiger partial charge in [-0.2, -0.15) is 9.57 Å². The Morgan fingerprint density at radius 3 is 2.86 bits per heavy atom. The van der Waals surface area contributed by atoms with Gasteiger partial charge in [-0.3, -0.25) is 0 Å². The molecule has 0 radical (unpaired) electrons. The Morgan fingerprint density at radius 2 is 2.29 bits per heavy atom. The second-order valence-corrected chi connectivity index (χ2v) is 6.65. The molecule has 1 aromatic carbocycles. The predicted molar refractivity (Wildman–Crippen MR) is 71.3 cm³/mol. The zero-order valence-corrected chi connectivity index (χ0v) is 12.2. The van der Waals surface area contributed by atoms with E-state index in [9.17, 15) is 17.9 Å². The van der Waals surface area contributed by atoms with Gasteiger partial charge in [0.05, 0.1) is 29.2 Å². The number of hydrogen-bond donors (Lipinski definition) is 1. The molecule has 1 N–H and O–H groups in total. The Morgan fingerprint density at radius 1 is 1.57 bits per heavy atom. The van der Waals surface area contributed by atoms with Crippen LogP contribution in [-0.4, -0.2) is 50.2 Å². The van der Waals surface area contributed by atoms with Crippen molar-refractivity contribution in [2.45, 2.75) is 23.5 Å². The van der Waals surface area contributed by atoms with Crippen LogP contribution in [0.5, 0.6) is 0 Å². The van der Waals surface area contributed by atoms with Crippen LogP contribution >= 0.6 is 0 Å². The van der Waals surface area contributed by atoms with Crippen LogP contribution in [0.2, 0.25) is 0 Å². The largest absolute Gasteiger partial charge is 0.395 e. The number of sulfonamides is 1. The van der Waals surface area contributed by atoms with Crippen molar-refractivity contribution in [2.75, 3.05) is 20.3 Å². The molecule has 0 amide bonds.